The largest absolute Gasteiger partial charge is 0.464 e. The topological polar surface area (TPSA) is 42.2 Å². The van der Waals surface area contributed by atoms with Crippen molar-refractivity contribution in [1.29, 1.82) is 0 Å². The molecule has 1 N–H and O–H groups in total. The lowest BCUT2D eigenvalue weighted by Crippen LogP contribution is -2.17. The molecule has 14 heavy (non-hydrogen) atoms. The van der Waals surface area contributed by atoms with Crippen LogP contribution in [-0.2, 0) is 0 Å². The smallest absolute Gasteiger partial charge is 0.167 e. The normalized spacial score (nSPS) is 15.3. The van der Waals surface area contributed by atoms with E-state index in [1.54, 1.807) is 6.26 Å². The molecule has 2 heterocycles. The van der Waals surface area contributed by atoms with Crippen LogP contribution in [0, 0.1) is 0 Å². The number of hydrogen-bond acceptors (Lipinski definition) is 3. The van der Waals surface area contributed by atoms with E-state index in [0.29, 0.717) is 6.42 Å². The summed E-state index contributed by atoms with van der Waals surface area (Å²) in [6.07, 6.45) is 2.18. The molecule has 1 aromatic carbocycles. The molecule has 1 aromatic heterocycles. The van der Waals surface area contributed by atoms with E-state index in [2.05, 4.69) is 5.32 Å². The Labute approximate surface area is 80.7 Å². The van der Waals surface area contributed by atoms with E-state index in [-0.39, 0.29) is 5.78 Å². The second-order valence-corrected chi connectivity index (χ2v) is 3.42. The molecule has 0 bridgehead atoms. The average Bonchev–Trinajstić information content (AvgIpc) is 2.65. The van der Waals surface area contributed by atoms with Gasteiger partial charge in [-0.15, -0.1) is 0 Å². The highest BCUT2D eigenvalue weighted by Crippen LogP contribution is 2.30. The fourth-order valence-electron chi connectivity index (χ4n) is 1.93. The standard InChI is InChI=1S/C11H9NO2/c13-9-3-5-12-8-1-2-10-7(11(8)9)4-6-14-10/h1-2,4,6,12H,3,5H2. The molecule has 0 radical (unpaired) electrons. The molecule has 0 atom stereocenters. The van der Waals surface area contributed by atoms with E-state index >= 15 is 0 Å². The van der Waals surface area contributed by atoms with Gasteiger partial charge >= 0.3 is 0 Å². The van der Waals surface area contributed by atoms with Gasteiger partial charge in [0.15, 0.2) is 5.78 Å². The lowest BCUT2D eigenvalue weighted by Gasteiger charge is -2.16. The summed E-state index contributed by atoms with van der Waals surface area (Å²) in [7, 11) is 0. The van der Waals surface area contributed by atoms with Crippen molar-refractivity contribution < 1.29 is 9.21 Å². The molecule has 0 aliphatic carbocycles. The van der Waals surface area contributed by atoms with Crippen molar-refractivity contribution in [3.8, 4) is 0 Å². The van der Waals surface area contributed by atoms with Crippen molar-refractivity contribution in [2.75, 3.05) is 11.9 Å². The summed E-state index contributed by atoms with van der Waals surface area (Å²) < 4.78 is 5.25. The van der Waals surface area contributed by atoms with Crippen molar-refractivity contribution in [3.63, 3.8) is 0 Å². The Morgan fingerprint density at radius 3 is 3.14 bits per heavy atom. The lowest BCUT2D eigenvalue weighted by molar-refractivity contribution is 0.0985. The van der Waals surface area contributed by atoms with E-state index in [1.165, 1.54) is 0 Å². The van der Waals surface area contributed by atoms with Crippen molar-refractivity contribution in [2.45, 2.75) is 6.42 Å². The Balaban J connectivity index is 2.41. The fraction of sp³-hybridized carbons (Fsp3) is 0.182. The number of rotatable bonds is 0. The van der Waals surface area contributed by atoms with E-state index in [4.69, 9.17) is 4.42 Å². The number of carbonyl (C=O) groups is 1. The molecule has 3 nitrogen and oxygen atoms in total. The first-order valence-electron chi connectivity index (χ1n) is 4.63. The van der Waals surface area contributed by atoms with Crippen LogP contribution in [0.15, 0.2) is 28.9 Å². The molecule has 1 aliphatic rings. The van der Waals surface area contributed by atoms with Gasteiger partial charge in [-0.1, -0.05) is 0 Å². The van der Waals surface area contributed by atoms with Gasteiger partial charge in [0.05, 0.1) is 11.8 Å². The zero-order valence-electron chi connectivity index (χ0n) is 7.54. The lowest BCUT2D eigenvalue weighted by atomic mass is 9.98. The first-order chi connectivity index (χ1) is 6.86. The van der Waals surface area contributed by atoms with Crippen LogP contribution in [0.3, 0.4) is 0 Å². The van der Waals surface area contributed by atoms with E-state index in [9.17, 15) is 4.79 Å². The third-order valence-corrected chi connectivity index (χ3v) is 2.58. The molecular formula is C11H9NO2. The molecule has 0 fully saturated rings. The predicted octanol–water partition coefficient (Wildman–Crippen LogP) is 2.43. The number of hydrogen-bond donors (Lipinski definition) is 1. The van der Waals surface area contributed by atoms with Crippen LogP contribution in [-0.4, -0.2) is 12.3 Å². The molecule has 0 spiro atoms. The van der Waals surface area contributed by atoms with Crippen molar-refractivity contribution in [3.05, 3.63) is 30.0 Å². The van der Waals surface area contributed by atoms with Gasteiger partial charge in [0.1, 0.15) is 5.58 Å². The highest BCUT2D eigenvalue weighted by molar-refractivity contribution is 6.13. The monoisotopic (exact) mass is 187 g/mol. The summed E-state index contributed by atoms with van der Waals surface area (Å²) in [6.45, 7) is 0.731. The highest BCUT2D eigenvalue weighted by atomic mass is 16.3. The summed E-state index contributed by atoms with van der Waals surface area (Å²) >= 11 is 0. The second-order valence-electron chi connectivity index (χ2n) is 3.42. The Bertz CT molecular complexity index is 513. The number of benzene rings is 1. The van der Waals surface area contributed by atoms with Crippen LogP contribution < -0.4 is 5.32 Å². The number of Topliss-reactive ketones (excluding diaryl/α,β-unsaturated/α-hetero) is 1. The van der Waals surface area contributed by atoms with Gasteiger partial charge in [-0.3, -0.25) is 4.79 Å². The average molecular weight is 187 g/mol. The number of carbonyl (C=O) groups excluding carboxylic acids is 1. The van der Waals surface area contributed by atoms with E-state index in [1.807, 2.05) is 18.2 Å². The van der Waals surface area contributed by atoms with Crippen LogP contribution >= 0.6 is 0 Å². The van der Waals surface area contributed by atoms with E-state index in [0.717, 1.165) is 28.8 Å². The molecule has 2 aromatic rings. The Kier molecular flexibility index (Phi) is 1.42. The Morgan fingerprint density at radius 2 is 2.21 bits per heavy atom. The van der Waals surface area contributed by atoms with Crippen molar-refractivity contribution in [1.82, 2.24) is 0 Å². The minimum Gasteiger partial charge on any atom is -0.464 e. The maximum absolute atomic E-state index is 11.7. The fourth-order valence-corrected chi connectivity index (χ4v) is 1.93. The third-order valence-electron chi connectivity index (χ3n) is 2.58. The van der Waals surface area contributed by atoms with E-state index < -0.39 is 0 Å². The summed E-state index contributed by atoms with van der Waals surface area (Å²) in [6, 6.07) is 5.64. The van der Waals surface area contributed by atoms with Crippen molar-refractivity contribution >= 4 is 22.4 Å². The zero-order valence-corrected chi connectivity index (χ0v) is 7.54. The molecule has 0 unspecified atom stereocenters. The van der Waals surface area contributed by atoms with Gasteiger partial charge in [-0.25, -0.2) is 0 Å². The van der Waals surface area contributed by atoms with Gasteiger partial charge in [0.2, 0.25) is 0 Å². The predicted molar refractivity (Wildman–Crippen MR) is 53.7 cm³/mol. The molecule has 70 valence electrons. The van der Waals surface area contributed by atoms with Crippen LogP contribution in [0.5, 0.6) is 0 Å². The highest BCUT2D eigenvalue weighted by Gasteiger charge is 2.20. The first-order valence-corrected chi connectivity index (χ1v) is 4.63. The number of nitrogens with one attached hydrogen (secondary N) is 1. The SMILES string of the molecule is O=C1CCNc2ccc3occc3c21. The summed E-state index contributed by atoms with van der Waals surface area (Å²) in [5.74, 6) is 0.200. The molecule has 0 saturated heterocycles. The van der Waals surface area contributed by atoms with Gasteiger partial charge in [0.25, 0.3) is 0 Å². The van der Waals surface area contributed by atoms with Gasteiger partial charge in [-0.2, -0.15) is 0 Å². The second kappa shape index (κ2) is 2.61. The van der Waals surface area contributed by atoms with Crippen LogP contribution in [0.25, 0.3) is 11.0 Å². The van der Waals surface area contributed by atoms with Crippen molar-refractivity contribution in [2.24, 2.45) is 0 Å². The molecule has 3 rings (SSSR count). The summed E-state index contributed by atoms with van der Waals surface area (Å²) in [4.78, 5) is 11.7. The molecule has 0 saturated carbocycles. The minimum absolute atomic E-state index is 0.200. The van der Waals surface area contributed by atoms with Crippen LogP contribution in [0.2, 0.25) is 0 Å². The Hall–Kier alpha value is -1.77. The Morgan fingerprint density at radius 1 is 1.29 bits per heavy atom. The minimum atomic E-state index is 0.200. The van der Waals surface area contributed by atoms with Gasteiger partial charge in [-0.05, 0) is 18.2 Å². The third kappa shape index (κ3) is 0.894. The van der Waals surface area contributed by atoms with Gasteiger partial charge in [0, 0.05) is 24.0 Å². The maximum Gasteiger partial charge on any atom is 0.167 e. The molecular weight excluding hydrogens is 178 g/mol. The first kappa shape index (κ1) is 7.62. The maximum atomic E-state index is 11.7. The van der Waals surface area contributed by atoms with Crippen LogP contribution in [0.4, 0.5) is 5.69 Å². The van der Waals surface area contributed by atoms with Crippen LogP contribution in [0.1, 0.15) is 16.8 Å². The molecule has 3 heteroatoms. The molecule has 1 aliphatic heterocycles. The number of fused-ring (bicyclic) bond motifs is 3. The number of anilines is 1. The van der Waals surface area contributed by atoms with Gasteiger partial charge < -0.3 is 9.73 Å². The number of furan rings is 1. The summed E-state index contributed by atoms with van der Waals surface area (Å²) in [5.41, 5.74) is 2.48. The zero-order chi connectivity index (χ0) is 9.54. The quantitative estimate of drug-likeness (QED) is 0.688. The summed E-state index contributed by atoms with van der Waals surface area (Å²) in [5, 5.41) is 4.13. The molecule has 0 amide bonds. The number of ketones is 1.